The maximum Gasteiger partial charge on any atom is 0.121 e. The Bertz CT molecular complexity index is 600. The summed E-state index contributed by atoms with van der Waals surface area (Å²) in [6, 6.07) is 7.00. The van der Waals surface area contributed by atoms with Gasteiger partial charge in [0.05, 0.1) is 7.11 Å². The van der Waals surface area contributed by atoms with E-state index in [0.717, 1.165) is 18.8 Å². The molecular formula is C17H21N3O. The molecule has 2 heterocycles. The molecule has 4 heteroatoms. The third-order valence-electron chi connectivity index (χ3n) is 4.17. The first-order valence-corrected chi connectivity index (χ1v) is 7.40. The first-order chi connectivity index (χ1) is 10.3. The molecule has 2 aromatic rings. The molecule has 1 unspecified atom stereocenters. The van der Waals surface area contributed by atoms with E-state index >= 15 is 0 Å². The van der Waals surface area contributed by atoms with Gasteiger partial charge in [0, 0.05) is 30.5 Å². The van der Waals surface area contributed by atoms with Crippen molar-refractivity contribution in [3.05, 3.63) is 53.6 Å². The lowest BCUT2D eigenvalue weighted by molar-refractivity contribution is 0.247. The molecule has 1 aromatic heterocycles. The number of rotatable bonds is 4. The van der Waals surface area contributed by atoms with Gasteiger partial charge in [-0.1, -0.05) is 12.1 Å². The summed E-state index contributed by atoms with van der Waals surface area (Å²) in [6.07, 6.45) is 7.84. The van der Waals surface area contributed by atoms with Crippen molar-refractivity contribution >= 4 is 0 Å². The molecule has 1 atom stereocenters. The normalized spacial score (nSPS) is 18.9. The van der Waals surface area contributed by atoms with Crippen LogP contribution in [0.5, 0.6) is 5.75 Å². The SMILES string of the molecule is COc1ccc(C2CCCN2Cc2cncnc2)cc1C. The second-order valence-electron chi connectivity index (χ2n) is 5.60. The van der Waals surface area contributed by atoms with E-state index < -0.39 is 0 Å². The number of hydrogen-bond donors (Lipinski definition) is 0. The fourth-order valence-corrected chi connectivity index (χ4v) is 3.15. The zero-order valence-electron chi connectivity index (χ0n) is 12.6. The maximum absolute atomic E-state index is 5.35. The number of methoxy groups -OCH3 is 1. The van der Waals surface area contributed by atoms with Gasteiger partial charge in [-0.05, 0) is 43.5 Å². The van der Waals surface area contributed by atoms with Crippen molar-refractivity contribution in [2.24, 2.45) is 0 Å². The van der Waals surface area contributed by atoms with Crippen LogP contribution in [0.15, 0.2) is 36.9 Å². The van der Waals surface area contributed by atoms with Gasteiger partial charge in [-0.3, -0.25) is 4.90 Å². The summed E-state index contributed by atoms with van der Waals surface area (Å²) in [6.45, 7) is 4.15. The zero-order valence-corrected chi connectivity index (χ0v) is 12.6. The third kappa shape index (κ3) is 3.05. The summed E-state index contributed by atoms with van der Waals surface area (Å²) >= 11 is 0. The van der Waals surface area contributed by atoms with Crippen molar-refractivity contribution in [2.45, 2.75) is 32.4 Å². The summed E-state index contributed by atoms with van der Waals surface area (Å²) in [5.74, 6) is 0.958. The Morgan fingerprint density at radius 1 is 1.29 bits per heavy atom. The van der Waals surface area contributed by atoms with Crippen LogP contribution in [0.3, 0.4) is 0 Å². The molecule has 1 fully saturated rings. The number of benzene rings is 1. The van der Waals surface area contributed by atoms with E-state index in [4.69, 9.17) is 4.74 Å². The molecule has 0 radical (unpaired) electrons. The number of aromatic nitrogens is 2. The van der Waals surface area contributed by atoms with E-state index in [1.807, 2.05) is 12.4 Å². The number of nitrogens with zero attached hydrogens (tertiary/aromatic N) is 3. The summed E-state index contributed by atoms with van der Waals surface area (Å²) < 4.78 is 5.35. The number of ether oxygens (including phenoxy) is 1. The lowest BCUT2D eigenvalue weighted by Crippen LogP contribution is -2.23. The molecule has 0 spiro atoms. The van der Waals surface area contributed by atoms with Gasteiger partial charge in [-0.15, -0.1) is 0 Å². The molecule has 0 N–H and O–H groups in total. The van der Waals surface area contributed by atoms with Crippen LogP contribution < -0.4 is 4.74 Å². The Hall–Kier alpha value is -1.94. The number of likely N-dealkylation sites (tertiary alicyclic amines) is 1. The Morgan fingerprint density at radius 2 is 2.10 bits per heavy atom. The van der Waals surface area contributed by atoms with Crippen molar-refractivity contribution < 1.29 is 4.74 Å². The predicted molar refractivity (Wildman–Crippen MR) is 82.1 cm³/mol. The van der Waals surface area contributed by atoms with Gasteiger partial charge in [0.25, 0.3) is 0 Å². The van der Waals surface area contributed by atoms with Crippen LogP contribution in [0.4, 0.5) is 0 Å². The fourth-order valence-electron chi connectivity index (χ4n) is 3.15. The van der Waals surface area contributed by atoms with Crippen molar-refractivity contribution in [1.29, 1.82) is 0 Å². The third-order valence-corrected chi connectivity index (χ3v) is 4.17. The minimum atomic E-state index is 0.481. The molecule has 0 bridgehead atoms. The Morgan fingerprint density at radius 3 is 2.81 bits per heavy atom. The quantitative estimate of drug-likeness (QED) is 0.864. The molecule has 0 aliphatic carbocycles. The second-order valence-corrected chi connectivity index (χ2v) is 5.60. The van der Waals surface area contributed by atoms with Gasteiger partial charge in [0.2, 0.25) is 0 Å². The molecule has 1 aliphatic heterocycles. The molecule has 1 aliphatic rings. The van der Waals surface area contributed by atoms with Gasteiger partial charge >= 0.3 is 0 Å². The van der Waals surface area contributed by atoms with Crippen molar-refractivity contribution in [2.75, 3.05) is 13.7 Å². The lowest BCUT2D eigenvalue weighted by atomic mass is 10.0. The standard InChI is InChI=1S/C17H21N3O/c1-13-8-15(5-6-17(13)21-2)16-4-3-7-20(16)11-14-9-18-12-19-10-14/h5-6,8-10,12,16H,3-4,7,11H2,1-2H3. The van der Waals surface area contributed by atoms with Crippen LogP contribution in [-0.4, -0.2) is 28.5 Å². The topological polar surface area (TPSA) is 38.2 Å². The highest BCUT2D eigenvalue weighted by molar-refractivity contribution is 5.37. The molecule has 0 saturated carbocycles. The van der Waals surface area contributed by atoms with Crippen LogP contribution in [0.1, 0.15) is 35.6 Å². The van der Waals surface area contributed by atoms with Crippen LogP contribution in [0.2, 0.25) is 0 Å². The Balaban J connectivity index is 1.79. The monoisotopic (exact) mass is 283 g/mol. The van der Waals surface area contributed by atoms with E-state index in [-0.39, 0.29) is 0 Å². The lowest BCUT2D eigenvalue weighted by Gasteiger charge is -2.25. The van der Waals surface area contributed by atoms with E-state index in [1.165, 1.54) is 29.5 Å². The van der Waals surface area contributed by atoms with E-state index in [1.54, 1.807) is 13.4 Å². The molecule has 0 amide bonds. The molecule has 4 nitrogen and oxygen atoms in total. The smallest absolute Gasteiger partial charge is 0.121 e. The van der Waals surface area contributed by atoms with Gasteiger partial charge in [0.15, 0.2) is 0 Å². The fraction of sp³-hybridized carbons (Fsp3) is 0.412. The number of hydrogen-bond acceptors (Lipinski definition) is 4. The van der Waals surface area contributed by atoms with Gasteiger partial charge < -0.3 is 4.74 Å². The van der Waals surface area contributed by atoms with E-state index in [2.05, 4.69) is 40.0 Å². The number of aryl methyl sites for hydroxylation is 1. The van der Waals surface area contributed by atoms with E-state index in [0.29, 0.717) is 6.04 Å². The largest absolute Gasteiger partial charge is 0.496 e. The summed E-state index contributed by atoms with van der Waals surface area (Å²) in [5.41, 5.74) is 3.75. The first-order valence-electron chi connectivity index (χ1n) is 7.40. The summed E-state index contributed by atoms with van der Waals surface area (Å²) in [7, 11) is 1.72. The van der Waals surface area contributed by atoms with Crippen LogP contribution in [-0.2, 0) is 6.54 Å². The molecule has 1 aromatic carbocycles. The summed E-state index contributed by atoms with van der Waals surface area (Å²) in [5, 5.41) is 0. The van der Waals surface area contributed by atoms with Gasteiger partial charge in [0.1, 0.15) is 12.1 Å². The Kier molecular flexibility index (Phi) is 4.15. The van der Waals surface area contributed by atoms with Crippen molar-refractivity contribution in [3.63, 3.8) is 0 Å². The average molecular weight is 283 g/mol. The molecule has 21 heavy (non-hydrogen) atoms. The van der Waals surface area contributed by atoms with Crippen LogP contribution in [0.25, 0.3) is 0 Å². The van der Waals surface area contributed by atoms with Crippen LogP contribution >= 0.6 is 0 Å². The van der Waals surface area contributed by atoms with Gasteiger partial charge in [-0.25, -0.2) is 9.97 Å². The molecule has 110 valence electrons. The van der Waals surface area contributed by atoms with Gasteiger partial charge in [-0.2, -0.15) is 0 Å². The maximum atomic E-state index is 5.35. The highest BCUT2D eigenvalue weighted by Crippen LogP contribution is 2.34. The highest BCUT2D eigenvalue weighted by atomic mass is 16.5. The zero-order chi connectivity index (χ0) is 14.7. The molecule has 1 saturated heterocycles. The minimum absolute atomic E-state index is 0.481. The molecular weight excluding hydrogens is 262 g/mol. The van der Waals surface area contributed by atoms with Crippen molar-refractivity contribution in [3.8, 4) is 5.75 Å². The average Bonchev–Trinajstić information content (AvgIpc) is 2.96. The van der Waals surface area contributed by atoms with E-state index in [9.17, 15) is 0 Å². The highest BCUT2D eigenvalue weighted by Gasteiger charge is 2.26. The van der Waals surface area contributed by atoms with Crippen LogP contribution in [0, 0.1) is 6.92 Å². The molecule has 3 rings (SSSR count). The Labute approximate surface area is 125 Å². The van der Waals surface area contributed by atoms with Crippen molar-refractivity contribution in [1.82, 2.24) is 14.9 Å². The second kappa shape index (κ2) is 6.22. The summed E-state index contributed by atoms with van der Waals surface area (Å²) in [4.78, 5) is 10.7. The first kappa shape index (κ1) is 14.0. The predicted octanol–water partition coefficient (Wildman–Crippen LogP) is 3.13. The minimum Gasteiger partial charge on any atom is -0.496 e.